The van der Waals surface area contributed by atoms with Crippen molar-refractivity contribution in [1.82, 2.24) is 5.32 Å². The highest BCUT2D eigenvalue weighted by molar-refractivity contribution is 5.92. The summed E-state index contributed by atoms with van der Waals surface area (Å²) < 4.78 is 22.1. The molecule has 1 N–H and O–H groups in total. The minimum atomic E-state index is -2.60. The van der Waals surface area contributed by atoms with Crippen LogP contribution in [0.5, 0.6) is 0 Å². The van der Waals surface area contributed by atoms with E-state index in [4.69, 9.17) is 4.11 Å². The number of piperidine rings is 1. The molecule has 0 radical (unpaired) electrons. The van der Waals surface area contributed by atoms with Gasteiger partial charge in [-0.25, -0.2) is 0 Å². The van der Waals surface area contributed by atoms with Crippen LogP contribution in [0, 0.1) is 0 Å². The van der Waals surface area contributed by atoms with E-state index in [0.29, 0.717) is 5.69 Å². The molecule has 0 bridgehead atoms. The van der Waals surface area contributed by atoms with Gasteiger partial charge in [-0.1, -0.05) is 18.2 Å². The first kappa shape index (κ1) is 9.92. The van der Waals surface area contributed by atoms with E-state index in [9.17, 15) is 4.79 Å². The maximum atomic E-state index is 12.2. The van der Waals surface area contributed by atoms with Crippen molar-refractivity contribution in [2.75, 3.05) is 18.0 Å². The molecule has 0 aliphatic carbocycles. The summed E-state index contributed by atoms with van der Waals surface area (Å²) in [6, 6.07) is 9.00. The van der Waals surface area contributed by atoms with Crippen molar-refractivity contribution in [2.45, 2.75) is 25.7 Å². The van der Waals surface area contributed by atoms with Crippen molar-refractivity contribution in [3.63, 3.8) is 0 Å². The minimum absolute atomic E-state index is 0. The summed E-state index contributed by atoms with van der Waals surface area (Å²) in [4.78, 5) is 13.7. The summed E-state index contributed by atoms with van der Waals surface area (Å²) in [5, 5.41) is 3.22. The number of carbonyl (C=O) groups excluding carboxylic acids is 1. The molecular formula is C13H19ClN2O. The number of hydrogen-bond donors (Lipinski definition) is 1. The lowest BCUT2D eigenvalue weighted by molar-refractivity contribution is -0.117. The molecule has 0 saturated carbocycles. The average Bonchev–Trinajstić information content (AvgIpc) is 2.40. The number of nitrogens with one attached hydrogen (secondary N) is 1. The molecule has 1 fully saturated rings. The van der Waals surface area contributed by atoms with Crippen molar-refractivity contribution in [3.8, 4) is 0 Å². The second-order valence-electron chi connectivity index (χ2n) is 3.99. The molecule has 1 amide bonds. The van der Waals surface area contributed by atoms with Gasteiger partial charge >= 0.3 is 0 Å². The van der Waals surface area contributed by atoms with Gasteiger partial charge in [0.1, 0.15) is 0 Å². The normalized spacial score (nSPS) is 19.4. The molecule has 94 valence electrons. The second kappa shape index (κ2) is 6.62. The van der Waals surface area contributed by atoms with Gasteiger partial charge in [-0.15, -0.1) is 12.4 Å². The highest BCUT2D eigenvalue weighted by Gasteiger charge is 2.23. The van der Waals surface area contributed by atoms with Gasteiger partial charge in [0.05, 0.1) is 0 Å². The molecule has 17 heavy (non-hydrogen) atoms. The molecule has 2 rings (SSSR count). The first-order chi connectivity index (χ1) is 9.00. The monoisotopic (exact) mass is 257 g/mol. The molecule has 0 atom stereocenters. The van der Waals surface area contributed by atoms with Gasteiger partial charge in [0.25, 0.3) is 0 Å². The summed E-state index contributed by atoms with van der Waals surface area (Å²) in [7, 11) is 0. The summed E-state index contributed by atoms with van der Waals surface area (Å²) in [6.45, 7) is -0.981. The standard InChI is InChI=1S/C13H18N2O.ClH/c1-11(16)15(12-5-3-2-4-6-12)13-7-9-14-10-8-13;/h2-6,13-14H,7-10H2,1H3;1H/i1D3;. The van der Waals surface area contributed by atoms with Crippen LogP contribution in [0.2, 0.25) is 0 Å². The van der Waals surface area contributed by atoms with Gasteiger partial charge in [-0.3, -0.25) is 4.79 Å². The number of rotatable bonds is 2. The molecule has 0 spiro atoms. The lowest BCUT2D eigenvalue weighted by atomic mass is 10.0. The Kier molecular flexibility index (Phi) is 3.86. The van der Waals surface area contributed by atoms with Crippen LogP contribution in [-0.4, -0.2) is 25.0 Å². The SMILES string of the molecule is Cl.[2H]C([2H])([2H])C(=O)N(c1ccccc1)C1CCNCC1. The molecule has 1 aliphatic heterocycles. The predicted octanol–water partition coefficient (Wildman–Crippen LogP) is 2.21. The number of benzene rings is 1. The fourth-order valence-corrected chi connectivity index (χ4v) is 2.15. The Balaban J connectivity index is 0.00000200. The highest BCUT2D eigenvalue weighted by Crippen LogP contribution is 2.21. The van der Waals surface area contributed by atoms with Gasteiger partial charge in [-0.05, 0) is 38.1 Å². The molecule has 1 aromatic rings. The third-order valence-corrected chi connectivity index (χ3v) is 2.93. The van der Waals surface area contributed by atoms with E-state index >= 15 is 0 Å². The molecule has 0 aromatic heterocycles. The van der Waals surface area contributed by atoms with E-state index in [0.717, 1.165) is 25.9 Å². The molecule has 0 unspecified atom stereocenters. The average molecular weight is 258 g/mol. The third-order valence-electron chi connectivity index (χ3n) is 2.93. The highest BCUT2D eigenvalue weighted by atomic mass is 35.5. The van der Waals surface area contributed by atoms with Gasteiger partial charge in [-0.2, -0.15) is 0 Å². The maximum Gasteiger partial charge on any atom is 0.224 e. The van der Waals surface area contributed by atoms with Crippen LogP contribution in [0.1, 0.15) is 23.8 Å². The fourth-order valence-electron chi connectivity index (χ4n) is 2.15. The van der Waals surface area contributed by atoms with E-state index in [2.05, 4.69) is 5.32 Å². The van der Waals surface area contributed by atoms with E-state index < -0.39 is 12.8 Å². The van der Waals surface area contributed by atoms with Gasteiger partial charge in [0.15, 0.2) is 0 Å². The first-order valence-corrected chi connectivity index (χ1v) is 5.59. The van der Waals surface area contributed by atoms with Crippen LogP contribution >= 0.6 is 12.4 Å². The number of anilines is 1. The van der Waals surface area contributed by atoms with Crippen LogP contribution in [-0.2, 0) is 4.79 Å². The summed E-state index contributed by atoms with van der Waals surface area (Å²) in [5.74, 6) is -0.786. The number of hydrogen-bond acceptors (Lipinski definition) is 2. The Morgan fingerprint density at radius 1 is 1.35 bits per heavy atom. The Hall–Kier alpha value is -1.06. The first-order valence-electron chi connectivity index (χ1n) is 7.09. The zero-order chi connectivity index (χ0) is 13.9. The Morgan fingerprint density at radius 2 is 2.00 bits per heavy atom. The summed E-state index contributed by atoms with van der Waals surface area (Å²) in [6.07, 6.45) is 1.55. The fraction of sp³-hybridized carbons (Fsp3) is 0.462. The van der Waals surface area contributed by atoms with Gasteiger partial charge in [0, 0.05) is 22.7 Å². The number of para-hydroxylation sites is 1. The van der Waals surface area contributed by atoms with Crippen molar-refractivity contribution < 1.29 is 8.91 Å². The zero-order valence-electron chi connectivity index (χ0n) is 12.6. The van der Waals surface area contributed by atoms with E-state index in [-0.39, 0.29) is 18.4 Å². The van der Waals surface area contributed by atoms with Crippen molar-refractivity contribution >= 4 is 24.0 Å². The van der Waals surface area contributed by atoms with E-state index in [1.54, 1.807) is 12.1 Å². The van der Waals surface area contributed by atoms with Gasteiger partial charge in [0.2, 0.25) is 5.91 Å². The van der Waals surface area contributed by atoms with E-state index in [1.807, 2.05) is 18.2 Å². The van der Waals surface area contributed by atoms with Crippen molar-refractivity contribution in [2.24, 2.45) is 0 Å². The molecular weight excluding hydrogens is 236 g/mol. The molecule has 4 heteroatoms. The van der Waals surface area contributed by atoms with Crippen LogP contribution in [0.3, 0.4) is 0 Å². The van der Waals surface area contributed by atoms with Crippen LogP contribution < -0.4 is 10.2 Å². The van der Waals surface area contributed by atoms with Crippen molar-refractivity contribution in [3.05, 3.63) is 30.3 Å². The minimum Gasteiger partial charge on any atom is -0.317 e. The maximum absolute atomic E-state index is 12.2. The molecule has 1 aliphatic rings. The molecule has 3 nitrogen and oxygen atoms in total. The number of carbonyl (C=O) groups is 1. The van der Waals surface area contributed by atoms with Crippen molar-refractivity contribution in [1.29, 1.82) is 0 Å². The molecule has 1 aromatic carbocycles. The topological polar surface area (TPSA) is 32.3 Å². The lowest BCUT2D eigenvalue weighted by Crippen LogP contribution is -2.45. The zero-order valence-corrected chi connectivity index (χ0v) is 10.4. The molecule has 1 saturated heterocycles. The largest absolute Gasteiger partial charge is 0.317 e. The van der Waals surface area contributed by atoms with Crippen LogP contribution in [0.15, 0.2) is 30.3 Å². The Morgan fingerprint density at radius 3 is 2.59 bits per heavy atom. The predicted molar refractivity (Wildman–Crippen MR) is 72.7 cm³/mol. The van der Waals surface area contributed by atoms with Crippen LogP contribution in [0.4, 0.5) is 5.69 Å². The van der Waals surface area contributed by atoms with Crippen LogP contribution in [0.25, 0.3) is 0 Å². The lowest BCUT2D eigenvalue weighted by Gasteiger charge is -2.34. The number of halogens is 1. The molecule has 1 heterocycles. The van der Waals surface area contributed by atoms with Gasteiger partial charge < -0.3 is 10.2 Å². The Labute approximate surface area is 113 Å². The van der Waals surface area contributed by atoms with E-state index in [1.165, 1.54) is 4.90 Å². The Bertz CT molecular complexity index is 433. The summed E-state index contributed by atoms with van der Waals surface area (Å²) in [5.41, 5.74) is 0.663. The number of nitrogens with zero attached hydrogens (tertiary/aromatic N) is 1. The second-order valence-corrected chi connectivity index (χ2v) is 3.99. The third kappa shape index (κ3) is 3.45. The smallest absolute Gasteiger partial charge is 0.224 e. The summed E-state index contributed by atoms with van der Waals surface area (Å²) >= 11 is 0. The number of amides is 1. The quantitative estimate of drug-likeness (QED) is 0.881.